The zero-order chi connectivity index (χ0) is 8.72. The maximum absolute atomic E-state index is 10.7. The highest BCUT2D eigenvalue weighted by Gasteiger charge is 2.46. The molecule has 12 heavy (non-hydrogen) atoms. The van der Waals surface area contributed by atoms with E-state index < -0.39 is 0 Å². The fraction of sp³-hybridized carbons (Fsp3) is 0.571. The molecule has 1 aromatic heterocycles. The Balaban J connectivity index is 2.10. The fourth-order valence-corrected chi connectivity index (χ4v) is 1.42. The predicted molar refractivity (Wildman–Crippen MR) is 40.7 cm³/mol. The highest BCUT2D eigenvalue weighted by molar-refractivity contribution is 6.64. The van der Waals surface area contributed by atoms with Crippen molar-refractivity contribution in [3.63, 3.8) is 0 Å². The van der Waals surface area contributed by atoms with Crippen molar-refractivity contribution in [1.82, 2.24) is 10.1 Å². The molecule has 1 aromatic rings. The summed E-state index contributed by atoms with van der Waals surface area (Å²) < 4.78 is 4.90. The zero-order valence-electron chi connectivity index (χ0n) is 6.45. The molecule has 0 bridgehead atoms. The molecule has 1 aliphatic carbocycles. The average Bonchev–Trinajstić information content (AvgIpc) is 2.70. The van der Waals surface area contributed by atoms with E-state index in [0.717, 1.165) is 6.42 Å². The van der Waals surface area contributed by atoms with Gasteiger partial charge in [-0.15, -0.1) is 0 Å². The van der Waals surface area contributed by atoms with Crippen LogP contribution in [0, 0.1) is 12.8 Å². The number of halogens is 1. The Morgan fingerprint density at radius 3 is 2.92 bits per heavy atom. The number of carbonyl (C=O) groups is 1. The molecule has 0 radical (unpaired) electrons. The molecule has 64 valence electrons. The molecule has 1 heterocycles. The lowest BCUT2D eigenvalue weighted by molar-refractivity contribution is -0.112. The SMILES string of the molecule is Cc1noc([C@@H]2C[C@H]2C(=O)Cl)n1. The third-order valence-electron chi connectivity index (χ3n) is 1.94. The van der Waals surface area contributed by atoms with Gasteiger partial charge in [0.1, 0.15) is 0 Å². The summed E-state index contributed by atoms with van der Waals surface area (Å²) >= 11 is 5.30. The van der Waals surface area contributed by atoms with Crippen LogP contribution in [0.25, 0.3) is 0 Å². The molecule has 0 N–H and O–H groups in total. The van der Waals surface area contributed by atoms with Gasteiger partial charge in [-0.25, -0.2) is 0 Å². The Bertz CT molecular complexity index is 323. The molecule has 1 fully saturated rings. The average molecular weight is 187 g/mol. The Kier molecular flexibility index (Phi) is 1.65. The van der Waals surface area contributed by atoms with E-state index in [1.54, 1.807) is 6.92 Å². The number of aryl methyl sites for hydroxylation is 1. The van der Waals surface area contributed by atoms with Crippen molar-refractivity contribution < 1.29 is 9.32 Å². The van der Waals surface area contributed by atoms with Crippen LogP contribution in [0.3, 0.4) is 0 Å². The molecule has 2 rings (SSSR count). The van der Waals surface area contributed by atoms with Crippen molar-refractivity contribution in [1.29, 1.82) is 0 Å². The van der Waals surface area contributed by atoms with Gasteiger partial charge < -0.3 is 4.52 Å². The monoisotopic (exact) mass is 186 g/mol. The van der Waals surface area contributed by atoms with Crippen LogP contribution in [-0.2, 0) is 4.79 Å². The Hall–Kier alpha value is -0.900. The number of carbonyl (C=O) groups excluding carboxylic acids is 1. The van der Waals surface area contributed by atoms with Gasteiger partial charge >= 0.3 is 0 Å². The summed E-state index contributed by atoms with van der Waals surface area (Å²) in [6.45, 7) is 1.74. The highest BCUT2D eigenvalue weighted by Crippen LogP contribution is 2.47. The molecule has 1 aliphatic rings. The minimum Gasteiger partial charge on any atom is -0.339 e. The lowest BCUT2D eigenvalue weighted by Crippen LogP contribution is -1.91. The molecule has 0 unspecified atom stereocenters. The van der Waals surface area contributed by atoms with Gasteiger partial charge in [0.25, 0.3) is 0 Å². The van der Waals surface area contributed by atoms with E-state index in [2.05, 4.69) is 10.1 Å². The van der Waals surface area contributed by atoms with Crippen LogP contribution in [0.4, 0.5) is 0 Å². The van der Waals surface area contributed by atoms with Crippen LogP contribution in [0.15, 0.2) is 4.52 Å². The first-order valence-corrected chi connectivity index (χ1v) is 4.06. The van der Waals surface area contributed by atoms with E-state index in [9.17, 15) is 4.79 Å². The second-order valence-corrected chi connectivity index (χ2v) is 3.31. The Labute approximate surface area is 73.9 Å². The topological polar surface area (TPSA) is 56.0 Å². The van der Waals surface area contributed by atoms with Gasteiger partial charge in [0.2, 0.25) is 11.1 Å². The quantitative estimate of drug-likeness (QED) is 0.653. The van der Waals surface area contributed by atoms with Crippen molar-refractivity contribution in [2.75, 3.05) is 0 Å². The molecule has 0 saturated heterocycles. The van der Waals surface area contributed by atoms with Crippen molar-refractivity contribution in [2.24, 2.45) is 5.92 Å². The number of aromatic nitrogens is 2. The maximum atomic E-state index is 10.7. The highest BCUT2D eigenvalue weighted by atomic mass is 35.5. The number of rotatable bonds is 2. The summed E-state index contributed by atoms with van der Waals surface area (Å²) in [7, 11) is 0. The lowest BCUT2D eigenvalue weighted by atomic mass is 10.3. The normalized spacial score (nSPS) is 27.2. The van der Waals surface area contributed by atoms with Crippen LogP contribution in [0.5, 0.6) is 0 Å². The van der Waals surface area contributed by atoms with E-state index >= 15 is 0 Å². The molecule has 0 spiro atoms. The molecule has 0 aromatic carbocycles. The maximum Gasteiger partial charge on any atom is 0.230 e. The summed E-state index contributed by atoms with van der Waals surface area (Å²) in [6, 6.07) is 0. The van der Waals surface area contributed by atoms with Gasteiger partial charge in [0.05, 0.1) is 5.92 Å². The number of hydrogen-bond donors (Lipinski definition) is 0. The molecule has 0 amide bonds. The molecule has 2 atom stereocenters. The summed E-state index contributed by atoms with van der Waals surface area (Å²) in [5, 5.41) is 3.32. The van der Waals surface area contributed by atoms with Gasteiger partial charge in [0, 0.05) is 5.92 Å². The van der Waals surface area contributed by atoms with Crippen molar-refractivity contribution in [2.45, 2.75) is 19.3 Å². The lowest BCUT2D eigenvalue weighted by Gasteiger charge is -1.85. The van der Waals surface area contributed by atoms with E-state index in [1.165, 1.54) is 0 Å². The van der Waals surface area contributed by atoms with E-state index in [4.69, 9.17) is 16.1 Å². The van der Waals surface area contributed by atoms with Crippen LogP contribution < -0.4 is 0 Å². The molecule has 0 aliphatic heterocycles. The molecule has 4 nitrogen and oxygen atoms in total. The molecule has 5 heteroatoms. The molecular weight excluding hydrogens is 180 g/mol. The second kappa shape index (κ2) is 2.55. The van der Waals surface area contributed by atoms with E-state index in [0.29, 0.717) is 11.7 Å². The summed E-state index contributed by atoms with van der Waals surface area (Å²) in [5.74, 6) is 1.09. The van der Waals surface area contributed by atoms with Gasteiger partial charge in [-0.3, -0.25) is 4.79 Å². The van der Waals surface area contributed by atoms with Crippen LogP contribution in [0.1, 0.15) is 24.1 Å². The number of nitrogens with zero attached hydrogens (tertiary/aromatic N) is 2. The minimum atomic E-state index is -0.309. The van der Waals surface area contributed by atoms with E-state index in [1.807, 2.05) is 0 Å². The van der Waals surface area contributed by atoms with Gasteiger partial charge in [0.15, 0.2) is 5.82 Å². The first-order valence-electron chi connectivity index (χ1n) is 3.68. The predicted octanol–water partition coefficient (Wildman–Crippen LogP) is 1.25. The summed E-state index contributed by atoms with van der Waals surface area (Å²) in [5.41, 5.74) is 0. The first kappa shape index (κ1) is 7.73. The molecule has 1 saturated carbocycles. The third-order valence-corrected chi connectivity index (χ3v) is 2.22. The molecular formula is C7H7ClN2O2. The standard InChI is InChI=1S/C7H7ClN2O2/c1-3-9-7(12-10-3)5-2-4(5)6(8)11/h4-5H,2H2,1H3/t4-,5-/m1/s1. The largest absolute Gasteiger partial charge is 0.339 e. The van der Waals surface area contributed by atoms with Crippen LogP contribution >= 0.6 is 11.6 Å². The zero-order valence-corrected chi connectivity index (χ0v) is 7.21. The first-order chi connectivity index (χ1) is 5.68. The van der Waals surface area contributed by atoms with Gasteiger partial charge in [-0.05, 0) is 24.9 Å². The third kappa shape index (κ3) is 1.22. The Morgan fingerprint density at radius 1 is 1.75 bits per heavy atom. The fourth-order valence-electron chi connectivity index (χ4n) is 1.18. The van der Waals surface area contributed by atoms with Crippen LogP contribution in [0.2, 0.25) is 0 Å². The van der Waals surface area contributed by atoms with Gasteiger partial charge in [-0.1, -0.05) is 5.16 Å². The summed E-state index contributed by atoms with van der Waals surface area (Å²) in [4.78, 5) is 14.7. The smallest absolute Gasteiger partial charge is 0.230 e. The van der Waals surface area contributed by atoms with Crippen LogP contribution in [-0.4, -0.2) is 15.4 Å². The second-order valence-electron chi connectivity index (χ2n) is 2.93. The van der Waals surface area contributed by atoms with Crippen molar-refractivity contribution >= 4 is 16.8 Å². The summed E-state index contributed by atoms with van der Waals surface area (Å²) in [6.07, 6.45) is 0.740. The Morgan fingerprint density at radius 2 is 2.50 bits per heavy atom. The minimum absolute atomic E-state index is 0.0659. The van der Waals surface area contributed by atoms with E-state index in [-0.39, 0.29) is 17.1 Å². The van der Waals surface area contributed by atoms with Crippen molar-refractivity contribution in [3.05, 3.63) is 11.7 Å². The number of hydrogen-bond acceptors (Lipinski definition) is 4. The van der Waals surface area contributed by atoms with Gasteiger partial charge in [-0.2, -0.15) is 4.98 Å². The van der Waals surface area contributed by atoms with Crippen molar-refractivity contribution in [3.8, 4) is 0 Å².